The summed E-state index contributed by atoms with van der Waals surface area (Å²) < 4.78 is 5.85. The number of oxazole rings is 1. The molecule has 5 heteroatoms. The number of nitrogens with one attached hydrogen (secondary N) is 1. The van der Waals surface area contributed by atoms with Crippen LogP contribution >= 0.6 is 11.6 Å². The van der Waals surface area contributed by atoms with Gasteiger partial charge in [0.1, 0.15) is 5.52 Å². The summed E-state index contributed by atoms with van der Waals surface area (Å²) in [5.41, 5.74) is 4.15. The number of rotatable bonds is 6. The number of hydrogen-bond donors (Lipinski definition) is 1. The third-order valence-corrected chi connectivity index (χ3v) is 4.43. The van der Waals surface area contributed by atoms with Crippen molar-refractivity contribution in [2.24, 2.45) is 0 Å². The number of carbonyl (C=O) groups excluding carboxylic acids is 1. The highest BCUT2D eigenvalue weighted by Gasteiger charge is 2.12. The average Bonchev–Trinajstić information content (AvgIpc) is 3.04. The highest BCUT2D eigenvalue weighted by molar-refractivity contribution is 6.33. The quantitative estimate of drug-likeness (QED) is 0.603. The third kappa shape index (κ3) is 4.02. The molecule has 0 aliphatic heterocycles. The van der Waals surface area contributed by atoms with Gasteiger partial charge in [0.2, 0.25) is 11.8 Å². The lowest BCUT2D eigenvalue weighted by molar-refractivity contribution is -0.116. The minimum atomic E-state index is -0.0361. The van der Waals surface area contributed by atoms with Crippen molar-refractivity contribution in [1.82, 2.24) is 4.98 Å². The van der Waals surface area contributed by atoms with Gasteiger partial charge in [-0.15, -0.1) is 0 Å². The summed E-state index contributed by atoms with van der Waals surface area (Å²) in [4.78, 5) is 16.5. The predicted molar refractivity (Wildman–Crippen MR) is 102 cm³/mol. The number of halogens is 1. The molecule has 25 heavy (non-hydrogen) atoms. The number of fused-ring (bicyclic) bond motifs is 1. The number of carbonyl (C=O) groups is 1. The SMILES string of the molecule is CCCCC(=O)Nc1cc(-c2nc3cc(CC)ccc3o2)ccc1Cl. The van der Waals surface area contributed by atoms with Crippen LogP contribution in [0.2, 0.25) is 5.02 Å². The highest BCUT2D eigenvalue weighted by Crippen LogP contribution is 2.31. The molecule has 3 rings (SSSR count). The van der Waals surface area contributed by atoms with Crippen molar-refractivity contribution in [3.8, 4) is 11.5 Å². The molecule has 0 bridgehead atoms. The smallest absolute Gasteiger partial charge is 0.227 e. The maximum Gasteiger partial charge on any atom is 0.227 e. The zero-order valence-corrected chi connectivity index (χ0v) is 15.2. The molecule has 0 unspecified atom stereocenters. The van der Waals surface area contributed by atoms with Crippen molar-refractivity contribution in [1.29, 1.82) is 0 Å². The zero-order valence-electron chi connectivity index (χ0n) is 14.4. The summed E-state index contributed by atoms with van der Waals surface area (Å²) in [6.45, 7) is 4.16. The normalized spacial score (nSPS) is 11.0. The first-order valence-corrected chi connectivity index (χ1v) is 8.97. The summed E-state index contributed by atoms with van der Waals surface area (Å²) in [7, 11) is 0. The second-order valence-electron chi connectivity index (χ2n) is 6.02. The number of amides is 1. The Morgan fingerprint density at radius 1 is 1.20 bits per heavy atom. The fraction of sp³-hybridized carbons (Fsp3) is 0.300. The van der Waals surface area contributed by atoms with Gasteiger partial charge in [-0.05, 0) is 48.7 Å². The Labute approximate surface area is 152 Å². The maximum atomic E-state index is 12.0. The molecule has 1 amide bonds. The summed E-state index contributed by atoms with van der Waals surface area (Å²) in [5, 5.41) is 3.36. The van der Waals surface area contributed by atoms with Crippen molar-refractivity contribution in [3.05, 3.63) is 47.0 Å². The molecule has 1 N–H and O–H groups in total. The van der Waals surface area contributed by atoms with Crippen molar-refractivity contribution < 1.29 is 9.21 Å². The lowest BCUT2D eigenvalue weighted by atomic mass is 10.1. The van der Waals surface area contributed by atoms with E-state index in [1.165, 1.54) is 5.56 Å². The van der Waals surface area contributed by atoms with E-state index in [0.29, 0.717) is 23.0 Å². The van der Waals surface area contributed by atoms with E-state index >= 15 is 0 Å². The molecule has 0 atom stereocenters. The molecular weight excluding hydrogens is 336 g/mol. The molecular formula is C20H21ClN2O2. The standard InChI is InChI=1S/C20H21ClN2O2/c1-3-5-6-19(24)22-16-12-14(8-9-15(16)21)20-23-17-11-13(4-2)7-10-18(17)25-20/h7-12H,3-6H2,1-2H3,(H,22,24). The van der Waals surface area contributed by atoms with Crippen molar-refractivity contribution in [2.75, 3.05) is 5.32 Å². The Bertz CT molecular complexity index is 902. The van der Waals surface area contributed by atoms with Gasteiger partial charge in [0.05, 0.1) is 10.7 Å². The Kier molecular flexibility index (Phi) is 5.39. The van der Waals surface area contributed by atoms with E-state index in [1.807, 2.05) is 24.3 Å². The second-order valence-corrected chi connectivity index (χ2v) is 6.43. The number of aromatic nitrogens is 1. The van der Waals surface area contributed by atoms with E-state index in [4.69, 9.17) is 16.0 Å². The first-order valence-electron chi connectivity index (χ1n) is 8.60. The molecule has 1 aromatic heterocycles. The average molecular weight is 357 g/mol. The Balaban J connectivity index is 1.89. The fourth-order valence-corrected chi connectivity index (χ4v) is 2.79. The Morgan fingerprint density at radius 2 is 2.04 bits per heavy atom. The zero-order chi connectivity index (χ0) is 17.8. The van der Waals surface area contributed by atoms with E-state index in [1.54, 1.807) is 12.1 Å². The molecule has 2 aromatic carbocycles. The number of benzene rings is 2. The van der Waals surface area contributed by atoms with Crippen LogP contribution in [0.1, 0.15) is 38.7 Å². The van der Waals surface area contributed by atoms with Crippen molar-refractivity contribution in [3.63, 3.8) is 0 Å². The van der Waals surface area contributed by atoms with Gasteiger partial charge in [-0.25, -0.2) is 4.98 Å². The van der Waals surface area contributed by atoms with Gasteiger partial charge in [0.15, 0.2) is 5.58 Å². The van der Waals surface area contributed by atoms with Crippen LogP contribution in [-0.2, 0) is 11.2 Å². The van der Waals surface area contributed by atoms with Crippen LogP contribution in [0.25, 0.3) is 22.6 Å². The van der Waals surface area contributed by atoms with E-state index < -0.39 is 0 Å². The number of aryl methyl sites for hydroxylation is 1. The van der Waals surface area contributed by atoms with Crippen molar-refractivity contribution >= 4 is 34.3 Å². The van der Waals surface area contributed by atoms with Crippen LogP contribution < -0.4 is 5.32 Å². The highest BCUT2D eigenvalue weighted by atomic mass is 35.5. The molecule has 0 spiro atoms. The first kappa shape index (κ1) is 17.5. The second kappa shape index (κ2) is 7.70. The van der Waals surface area contributed by atoms with Gasteiger partial charge < -0.3 is 9.73 Å². The third-order valence-electron chi connectivity index (χ3n) is 4.11. The summed E-state index contributed by atoms with van der Waals surface area (Å²) in [6, 6.07) is 11.4. The molecule has 0 saturated carbocycles. The molecule has 130 valence electrons. The molecule has 4 nitrogen and oxygen atoms in total. The molecule has 1 heterocycles. The minimum absolute atomic E-state index is 0.0361. The molecule has 3 aromatic rings. The maximum absolute atomic E-state index is 12.0. The van der Waals surface area contributed by atoms with Crippen LogP contribution in [0.3, 0.4) is 0 Å². The lowest BCUT2D eigenvalue weighted by Crippen LogP contribution is -2.11. The topological polar surface area (TPSA) is 55.1 Å². The predicted octanol–water partition coefficient (Wildman–Crippen LogP) is 5.84. The van der Waals surface area contributed by atoms with Crippen LogP contribution in [-0.4, -0.2) is 10.9 Å². The van der Waals surface area contributed by atoms with E-state index in [-0.39, 0.29) is 5.91 Å². The molecule has 0 saturated heterocycles. The van der Waals surface area contributed by atoms with Gasteiger partial charge in [-0.3, -0.25) is 4.79 Å². The van der Waals surface area contributed by atoms with Gasteiger partial charge in [0, 0.05) is 12.0 Å². The van der Waals surface area contributed by atoms with E-state index in [9.17, 15) is 4.79 Å². The minimum Gasteiger partial charge on any atom is -0.436 e. The number of unbranched alkanes of at least 4 members (excludes halogenated alkanes) is 1. The van der Waals surface area contributed by atoms with E-state index in [2.05, 4.69) is 24.1 Å². The van der Waals surface area contributed by atoms with Crippen LogP contribution in [0.4, 0.5) is 5.69 Å². The fourth-order valence-electron chi connectivity index (χ4n) is 2.62. The number of hydrogen-bond acceptors (Lipinski definition) is 3. The number of nitrogens with zero attached hydrogens (tertiary/aromatic N) is 1. The Morgan fingerprint density at radius 3 is 2.80 bits per heavy atom. The van der Waals surface area contributed by atoms with Crippen LogP contribution in [0, 0.1) is 0 Å². The summed E-state index contributed by atoms with van der Waals surface area (Å²) in [6.07, 6.45) is 3.27. The summed E-state index contributed by atoms with van der Waals surface area (Å²) >= 11 is 6.21. The van der Waals surface area contributed by atoms with Crippen LogP contribution in [0.5, 0.6) is 0 Å². The van der Waals surface area contributed by atoms with Crippen LogP contribution in [0.15, 0.2) is 40.8 Å². The summed E-state index contributed by atoms with van der Waals surface area (Å²) in [5.74, 6) is 0.482. The lowest BCUT2D eigenvalue weighted by Gasteiger charge is -2.08. The van der Waals surface area contributed by atoms with E-state index in [0.717, 1.165) is 35.9 Å². The molecule has 0 radical (unpaired) electrons. The first-order chi connectivity index (χ1) is 12.1. The molecule has 0 fully saturated rings. The van der Waals surface area contributed by atoms with Gasteiger partial charge >= 0.3 is 0 Å². The Hall–Kier alpha value is -2.33. The molecule has 0 aliphatic carbocycles. The van der Waals surface area contributed by atoms with Gasteiger partial charge in [-0.1, -0.05) is 37.9 Å². The van der Waals surface area contributed by atoms with Crippen molar-refractivity contribution in [2.45, 2.75) is 39.5 Å². The van der Waals surface area contributed by atoms with Gasteiger partial charge in [0.25, 0.3) is 0 Å². The monoisotopic (exact) mass is 356 g/mol. The van der Waals surface area contributed by atoms with Gasteiger partial charge in [-0.2, -0.15) is 0 Å². The largest absolute Gasteiger partial charge is 0.436 e. The molecule has 0 aliphatic rings. The number of anilines is 1.